The summed E-state index contributed by atoms with van der Waals surface area (Å²) in [4.78, 5) is 2.36. The largest absolute Gasteiger partial charge is 0.379 e. The van der Waals surface area contributed by atoms with E-state index < -0.39 is 0 Å². The molecule has 1 heterocycles. The predicted octanol–water partition coefficient (Wildman–Crippen LogP) is 1.97. The van der Waals surface area contributed by atoms with E-state index in [4.69, 9.17) is 17.0 Å². The minimum atomic E-state index is 0.541. The molecule has 2 aromatic carbocycles. The smallest absolute Gasteiger partial charge is 0.187 e. The van der Waals surface area contributed by atoms with Crippen molar-refractivity contribution >= 4 is 34.3 Å². The molecule has 6 heteroatoms. The zero-order valence-corrected chi connectivity index (χ0v) is 14.4. The Morgan fingerprint density at radius 3 is 2.83 bits per heavy atom. The third-order valence-corrected chi connectivity index (χ3v) is 4.25. The number of benzene rings is 2. The van der Waals surface area contributed by atoms with Gasteiger partial charge in [0, 0.05) is 31.7 Å². The van der Waals surface area contributed by atoms with E-state index in [1.54, 1.807) is 6.21 Å². The lowest BCUT2D eigenvalue weighted by Crippen LogP contribution is -2.42. The standard InChI is InChI=1S/C18H22N4OS/c24-18(19-8-9-22-10-12-23-13-11-22)21-20-14-16-6-3-5-15-4-1-2-7-17(15)16/h1-7,14H,8-13H2,(H2,19,21,24). The highest BCUT2D eigenvalue weighted by Gasteiger charge is 2.09. The van der Waals surface area contributed by atoms with Gasteiger partial charge in [-0.2, -0.15) is 5.10 Å². The van der Waals surface area contributed by atoms with Crippen LogP contribution in [0.5, 0.6) is 0 Å². The van der Waals surface area contributed by atoms with Crippen LogP contribution in [-0.2, 0) is 4.74 Å². The second-order valence-corrected chi connectivity index (χ2v) is 6.06. The average Bonchev–Trinajstić information content (AvgIpc) is 2.63. The maximum absolute atomic E-state index is 5.33. The van der Waals surface area contributed by atoms with Gasteiger partial charge in [0.25, 0.3) is 0 Å². The summed E-state index contributed by atoms with van der Waals surface area (Å²) >= 11 is 5.25. The van der Waals surface area contributed by atoms with Crippen molar-refractivity contribution in [1.29, 1.82) is 0 Å². The Hall–Kier alpha value is -2.02. The SMILES string of the molecule is S=C(NCCN1CCOCC1)NN=Cc1cccc2ccccc12. The Morgan fingerprint density at radius 1 is 1.17 bits per heavy atom. The second kappa shape index (κ2) is 8.73. The predicted molar refractivity (Wildman–Crippen MR) is 103 cm³/mol. The fourth-order valence-electron chi connectivity index (χ4n) is 2.72. The molecule has 0 aromatic heterocycles. The molecular weight excluding hydrogens is 320 g/mol. The van der Waals surface area contributed by atoms with Gasteiger partial charge in [0.15, 0.2) is 5.11 Å². The highest BCUT2D eigenvalue weighted by molar-refractivity contribution is 7.80. The van der Waals surface area contributed by atoms with Gasteiger partial charge in [0.05, 0.1) is 19.4 Å². The van der Waals surface area contributed by atoms with Crippen LogP contribution in [0.25, 0.3) is 10.8 Å². The lowest BCUT2D eigenvalue weighted by molar-refractivity contribution is 0.0389. The molecule has 0 aliphatic carbocycles. The Morgan fingerprint density at radius 2 is 1.96 bits per heavy atom. The van der Waals surface area contributed by atoms with Gasteiger partial charge >= 0.3 is 0 Å². The molecule has 1 aliphatic rings. The number of ether oxygens (including phenoxy) is 1. The molecule has 3 rings (SSSR count). The van der Waals surface area contributed by atoms with Gasteiger partial charge in [-0.15, -0.1) is 0 Å². The molecule has 1 aliphatic heterocycles. The fraction of sp³-hybridized carbons (Fsp3) is 0.333. The van der Waals surface area contributed by atoms with Crippen molar-refractivity contribution in [3.8, 4) is 0 Å². The summed E-state index contributed by atoms with van der Waals surface area (Å²) in [7, 11) is 0. The number of fused-ring (bicyclic) bond motifs is 1. The molecule has 0 radical (unpaired) electrons. The molecule has 0 bridgehead atoms. The summed E-state index contributed by atoms with van der Waals surface area (Å²) in [6.07, 6.45) is 1.80. The molecule has 126 valence electrons. The van der Waals surface area contributed by atoms with Crippen LogP contribution < -0.4 is 10.7 Å². The maximum Gasteiger partial charge on any atom is 0.187 e. The third kappa shape index (κ3) is 4.74. The monoisotopic (exact) mass is 342 g/mol. The summed E-state index contributed by atoms with van der Waals surface area (Å²) in [5.41, 5.74) is 3.95. The first-order chi connectivity index (χ1) is 11.8. The van der Waals surface area contributed by atoms with E-state index in [9.17, 15) is 0 Å². The van der Waals surface area contributed by atoms with Crippen LogP contribution in [0.2, 0.25) is 0 Å². The fourth-order valence-corrected chi connectivity index (χ4v) is 2.87. The first kappa shape index (κ1) is 16.8. The lowest BCUT2D eigenvalue weighted by atomic mass is 10.1. The lowest BCUT2D eigenvalue weighted by Gasteiger charge is -2.26. The number of hydrogen-bond donors (Lipinski definition) is 2. The average molecular weight is 342 g/mol. The van der Waals surface area contributed by atoms with Gasteiger partial charge in [0.1, 0.15) is 0 Å². The molecule has 2 N–H and O–H groups in total. The molecular formula is C18H22N4OS. The van der Waals surface area contributed by atoms with Crippen LogP contribution in [0.15, 0.2) is 47.6 Å². The quantitative estimate of drug-likeness (QED) is 0.494. The molecule has 0 unspecified atom stereocenters. The number of hydrazone groups is 1. The summed E-state index contributed by atoms with van der Waals surface area (Å²) < 4.78 is 5.33. The van der Waals surface area contributed by atoms with Gasteiger partial charge in [-0.25, -0.2) is 0 Å². The van der Waals surface area contributed by atoms with E-state index in [0.717, 1.165) is 45.0 Å². The number of morpholine rings is 1. The Labute approximate surface area is 147 Å². The summed E-state index contributed by atoms with van der Waals surface area (Å²) in [6.45, 7) is 5.37. The molecule has 1 saturated heterocycles. The second-order valence-electron chi connectivity index (χ2n) is 5.65. The summed E-state index contributed by atoms with van der Waals surface area (Å²) in [5, 5.41) is 10.3. The van der Waals surface area contributed by atoms with Crippen LogP contribution >= 0.6 is 12.2 Å². The Kier molecular flexibility index (Phi) is 6.12. The number of hydrogen-bond acceptors (Lipinski definition) is 4. The summed E-state index contributed by atoms with van der Waals surface area (Å²) in [5.74, 6) is 0. The van der Waals surface area contributed by atoms with Crippen LogP contribution in [0, 0.1) is 0 Å². The topological polar surface area (TPSA) is 48.9 Å². The van der Waals surface area contributed by atoms with Crippen molar-refractivity contribution in [3.05, 3.63) is 48.0 Å². The number of nitrogens with zero attached hydrogens (tertiary/aromatic N) is 2. The number of rotatable bonds is 5. The summed E-state index contributed by atoms with van der Waals surface area (Å²) in [6, 6.07) is 14.4. The van der Waals surface area contributed by atoms with Crippen molar-refractivity contribution in [2.45, 2.75) is 0 Å². The zero-order chi connectivity index (χ0) is 16.6. The van der Waals surface area contributed by atoms with Crippen LogP contribution in [0.4, 0.5) is 0 Å². The van der Waals surface area contributed by atoms with E-state index in [2.05, 4.69) is 38.9 Å². The molecule has 0 atom stereocenters. The highest BCUT2D eigenvalue weighted by Crippen LogP contribution is 2.16. The Bertz CT molecular complexity index is 708. The first-order valence-corrected chi connectivity index (χ1v) is 8.58. The van der Waals surface area contributed by atoms with Crippen LogP contribution in [-0.4, -0.2) is 55.6 Å². The van der Waals surface area contributed by atoms with Gasteiger partial charge in [-0.3, -0.25) is 10.3 Å². The zero-order valence-electron chi connectivity index (χ0n) is 13.6. The number of nitrogens with one attached hydrogen (secondary N) is 2. The molecule has 0 amide bonds. The van der Waals surface area contributed by atoms with E-state index >= 15 is 0 Å². The van der Waals surface area contributed by atoms with Crippen molar-refractivity contribution in [3.63, 3.8) is 0 Å². The Balaban J connectivity index is 1.46. The van der Waals surface area contributed by atoms with E-state index in [1.807, 2.05) is 24.3 Å². The van der Waals surface area contributed by atoms with E-state index in [1.165, 1.54) is 10.8 Å². The van der Waals surface area contributed by atoms with Gasteiger partial charge in [-0.1, -0.05) is 42.5 Å². The normalized spacial score (nSPS) is 15.7. The van der Waals surface area contributed by atoms with Crippen molar-refractivity contribution in [1.82, 2.24) is 15.6 Å². The van der Waals surface area contributed by atoms with Gasteiger partial charge < -0.3 is 10.1 Å². The van der Waals surface area contributed by atoms with E-state index in [0.29, 0.717) is 5.11 Å². The minimum Gasteiger partial charge on any atom is -0.379 e. The maximum atomic E-state index is 5.33. The third-order valence-electron chi connectivity index (χ3n) is 4.01. The molecule has 0 saturated carbocycles. The van der Waals surface area contributed by atoms with Crippen molar-refractivity contribution in [2.24, 2.45) is 5.10 Å². The first-order valence-electron chi connectivity index (χ1n) is 8.18. The highest BCUT2D eigenvalue weighted by atomic mass is 32.1. The van der Waals surface area contributed by atoms with Gasteiger partial charge in [0.2, 0.25) is 0 Å². The molecule has 1 fully saturated rings. The van der Waals surface area contributed by atoms with E-state index in [-0.39, 0.29) is 0 Å². The molecule has 5 nitrogen and oxygen atoms in total. The number of thiocarbonyl (C=S) groups is 1. The minimum absolute atomic E-state index is 0.541. The molecule has 0 spiro atoms. The van der Waals surface area contributed by atoms with Crippen molar-refractivity contribution < 1.29 is 4.74 Å². The van der Waals surface area contributed by atoms with Gasteiger partial charge in [-0.05, 0) is 23.0 Å². The molecule has 2 aromatic rings. The molecule has 24 heavy (non-hydrogen) atoms. The van der Waals surface area contributed by atoms with Crippen LogP contribution in [0.3, 0.4) is 0 Å². The van der Waals surface area contributed by atoms with Crippen molar-refractivity contribution in [2.75, 3.05) is 39.4 Å². The van der Waals surface area contributed by atoms with Crippen LogP contribution in [0.1, 0.15) is 5.56 Å².